The number of benzene rings is 1. The molecule has 2 aliphatic rings. The summed E-state index contributed by atoms with van der Waals surface area (Å²) in [6.07, 6.45) is 6.69. The molecule has 1 aromatic carbocycles. The number of likely N-dealkylation sites (N-methyl/N-ethyl adjacent to an activating group) is 1. The molecule has 0 bridgehead atoms. The largest absolute Gasteiger partial charge is 0.377 e. The third-order valence-electron chi connectivity index (χ3n) is 6.87. The second-order valence-electron chi connectivity index (χ2n) is 9.13. The summed E-state index contributed by atoms with van der Waals surface area (Å²) >= 11 is 0. The van der Waals surface area contributed by atoms with Crippen LogP contribution in [0.4, 0.5) is 0 Å². The highest BCUT2D eigenvalue weighted by Gasteiger charge is 2.34. The number of fused-ring (bicyclic) bond motifs is 2. The monoisotopic (exact) mass is 457 g/mol. The Morgan fingerprint density at radius 3 is 2.71 bits per heavy atom. The van der Waals surface area contributed by atoms with Gasteiger partial charge in [-0.15, -0.1) is 0 Å². The van der Waals surface area contributed by atoms with Crippen LogP contribution in [-0.4, -0.2) is 60.2 Å². The molecule has 3 aromatic heterocycles. The molecule has 2 aliphatic heterocycles. The van der Waals surface area contributed by atoms with E-state index in [1.807, 2.05) is 45.1 Å². The van der Waals surface area contributed by atoms with Crippen molar-refractivity contribution < 1.29 is 9.53 Å². The lowest BCUT2D eigenvalue weighted by atomic mass is 10.0. The first-order valence-electron chi connectivity index (χ1n) is 11.5. The van der Waals surface area contributed by atoms with E-state index in [1.165, 1.54) is 0 Å². The van der Waals surface area contributed by atoms with Crippen molar-refractivity contribution in [2.24, 2.45) is 14.1 Å². The SMILES string of the molecule is C[C@H]1C(=O)N(C)Cc2c(-c3ccc4c(c3)c(-c3cnn(C)c3)nn4C)nc(C3=CCOCC3)n21. The van der Waals surface area contributed by atoms with Crippen LogP contribution in [0.3, 0.4) is 0 Å². The molecule has 9 nitrogen and oxygen atoms in total. The molecule has 5 heterocycles. The van der Waals surface area contributed by atoms with E-state index < -0.39 is 0 Å². The summed E-state index contributed by atoms with van der Waals surface area (Å²) in [7, 11) is 5.72. The van der Waals surface area contributed by atoms with Crippen molar-refractivity contribution in [2.75, 3.05) is 20.3 Å². The minimum atomic E-state index is -0.304. The van der Waals surface area contributed by atoms with Gasteiger partial charge in [0.05, 0.1) is 42.9 Å². The summed E-state index contributed by atoms with van der Waals surface area (Å²) in [6, 6.07) is 6.06. The maximum Gasteiger partial charge on any atom is 0.245 e. The Hall–Kier alpha value is -3.72. The third kappa shape index (κ3) is 3.11. The third-order valence-corrected chi connectivity index (χ3v) is 6.87. The molecule has 6 rings (SSSR count). The van der Waals surface area contributed by atoms with E-state index in [4.69, 9.17) is 14.8 Å². The average Bonchev–Trinajstić information content (AvgIpc) is 3.53. The number of aryl methyl sites for hydroxylation is 2. The highest BCUT2D eigenvalue weighted by Crippen LogP contribution is 2.38. The first-order chi connectivity index (χ1) is 16.4. The predicted molar refractivity (Wildman–Crippen MR) is 129 cm³/mol. The van der Waals surface area contributed by atoms with E-state index in [0.717, 1.165) is 56.9 Å². The lowest BCUT2D eigenvalue weighted by Crippen LogP contribution is -2.39. The topological polar surface area (TPSA) is 83.0 Å². The number of rotatable bonds is 3. The number of ether oxygens (including phenoxy) is 1. The minimum absolute atomic E-state index is 0.104. The van der Waals surface area contributed by atoms with Crippen molar-refractivity contribution in [2.45, 2.75) is 25.9 Å². The normalized spacial score (nSPS) is 18.5. The van der Waals surface area contributed by atoms with Crippen molar-refractivity contribution in [1.29, 1.82) is 0 Å². The Labute approximate surface area is 197 Å². The molecule has 174 valence electrons. The highest BCUT2D eigenvalue weighted by atomic mass is 16.5. The molecule has 4 aromatic rings. The van der Waals surface area contributed by atoms with Crippen molar-refractivity contribution >= 4 is 22.4 Å². The fourth-order valence-electron chi connectivity index (χ4n) is 5.12. The van der Waals surface area contributed by atoms with Crippen LogP contribution in [0.5, 0.6) is 0 Å². The van der Waals surface area contributed by atoms with Crippen LogP contribution in [0.2, 0.25) is 0 Å². The van der Waals surface area contributed by atoms with Crippen molar-refractivity contribution in [3.63, 3.8) is 0 Å². The smallest absolute Gasteiger partial charge is 0.245 e. The fraction of sp³-hybridized carbons (Fsp3) is 0.360. The highest BCUT2D eigenvalue weighted by molar-refractivity contribution is 5.96. The number of aromatic nitrogens is 6. The Kier molecular flexibility index (Phi) is 4.70. The number of carbonyl (C=O) groups is 1. The zero-order valence-electron chi connectivity index (χ0n) is 19.8. The van der Waals surface area contributed by atoms with E-state index in [0.29, 0.717) is 19.8 Å². The standard InChI is InChI=1S/C25H27N7O2/c1-15-25(33)29(2)14-21-23(27-24(32(15)21)16-7-9-34-10-8-16)17-5-6-20-19(11-17)22(28-31(20)4)18-12-26-30(3)13-18/h5-7,11-13,15H,8-10,14H2,1-4H3/t15-/m0/s1. The Balaban J connectivity index is 1.56. The van der Waals surface area contributed by atoms with Gasteiger partial charge in [-0.1, -0.05) is 12.1 Å². The maximum atomic E-state index is 12.9. The van der Waals surface area contributed by atoms with Crippen molar-refractivity contribution in [1.82, 2.24) is 34.0 Å². The van der Waals surface area contributed by atoms with Crippen LogP contribution in [0, 0.1) is 0 Å². The lowest BCUT2D eigenvalue weighted by Gasteiger charge is -2.31. The van der Waals surface area contributed by atoms with E-state index >= 15 is 0 Å². The minimum Gasteiger partial charge on any atom is -0.377 e. The molecular formula is C25H27N7O2. The molecule has 0 unspecified atom stereocenters. The van der Waals surface area contributed by atoms with Gasteiger partial charge in [0, 0.05) is 43.9 Å². The Morgan fingerprint density at radius 2 is 1.97 bits per heavy atom. The Bertz CT molecular complexity index is 1470. The number of hydrogen-bond acceptors (Lipinski definition) is 5. The molecule has 34 heavy (non-hydrogen) atoms. The lowest BCUT2D eigenvalue weighted by molar-refractivity contribution is -0.135. The maximum absolute atomic E-state index is 12.9. The molecule has 0 saturated heterocycles. The molecule has 1 amide bonds. The van der Waals surface area contributed by atoms with E-state index in [-0.39, 0.29) is 11.9 Å². The molecule has 0 spiro atoms. The molecule has 0 saturated carbocycles. The summed E-state index contributed by atoms with van der Waals surface area (Å²) in [5.74, 6) is 0.980. The zero-order valence-corrected chi connectivity index (χ0v) is 19.8. The van der Waals surface area contributed by atoms with Gasteiger partial charge in [-0.25, -0.2) is 4.98 Å². The van der Waals surface area contributed by atoms with Gasteiger partial charge in [0.25, 0.3) is 0 Å². The van der Waals surface area contributed by atoms with Crippen LogP contribution in [0.15, 0.2) is 36.7 Å². The second-order valence-corrected chi connectivity index (χ2v) is 9.13. The van der Waals surface area contributed by atoms with E-state index in [1.54, 1.807) is 9.58 Å². The number of imidazole rings is 1. The van der Waals surface area contributed by atoms with Crippen LogP contribution in [-0.2, 0) is 30.2 Å². The van der Waals surface area contributed by atoms with Gasteiger partial charge >= 0.3 is 0 Å². The van der Waals surface area contributed by atoms with Gasteiger partial charge in [0.1, 0.15) is 17.6 Å². The summed E-state index contributed by atoms with van der Waals surface area (Å²) in [4.78, 5) is 19.8. The van der Waals surface area contributed by atoms with Crippen LogP contribution in [0.1, 0.15) is 30.9 Å². The summed E-state index contributed by atoms with van der Waals surface area (Å²) in [5, 5.41) is 10.1. The first-order valence-corrected chi connectivity index (χ1v) is 11.5. The van der Waals surface area contributed by atoms with Gasteiger partial charge in [-0.05, 0) is 31.1 Å². The molecule has 0 N–H and O–H groups in total. The fourth-order valence-corrected chi connectivity index (χ4v) is 5.12. The van der Waals surface area contributed by atoms with E-state index in [9.17, 15) is 4.79 Å². The quantitative estimate of drug-likeness (QED) is 0.472. The molecular weight excluding hydrogens is 430 g/mol. The molecule has 9 heteroatoms. The van der Waals surface area contributed by atoms with Crippen molar-refractivity contribution in [3.05, 3.63) is 48.2 Å². The van der Waals surface area contributed by atoms with Crippen LogP contribution >= 0.6 is 0 Å². The van der Waals surface area contributed by atoms with Gasteiger partial charge in [-0.2, -0.15) is 10.2 Å². The average molecular weight is 458 g/mol. The molecule has 0 aliphatic carbocycles. The second kappa shape index (κ2) is 7.66. The summed E-state index contributed by atoms with van der Waals surface area (Å²) in [5.41, 5.74) is 7.05. The van der Waals surface area contributed by atoms with Crippen LogP contribution in [0.25, 0.3) is 39.0 Å². The molecule has 0 fully saturated rings. The Morgan fingerprint density at radius 1 is 1.12 bits per heavy atom. The van der Waals surface area contributed by atoms with E-state index in [2.05, 4.69) is 33.9 Å². The van der Waals surface area contributed by atoms with Gasteiger partial charge < -0.3 is 14.2 Å². The summed E-state index contributed by atoms with van der Waals surface area (Å²) in [6.45, 7) is 3.73. The predicted octanol–water partition coefficient (Wildman–Crippen LogP) is 3.17. The van der Waals surface area contributed by atoms with Gasteiger partial charge in [0.15, 0.2) is 0 Å². The first kappa shape index (κ1) is 20.9. The molecule has 0 radical (unpaired) electrons. The number of hydrogen-bond donors (Lipinski definition) is 0. The van der Waals surface area contributed by atoms with Crippen LogP contribution < -0.4 is 0 Å². The summed E-state index contributed by atoms with van der Waals surface area (Å²) < 4.78 is 11.3. The number of nitrogens with zero attached hydrogens (tertiary/aromatic N) is 7. The van der Waals surface area contributed by atoms with Crippen molar-refractivity contribution in [3.8, 4) is 22.5 Å². The van der Waals surface area contributed by atoms with Gasteiger partial charge in [-0.3, -0.25) is 14.2 Å². The van der Waals surface area contributed by atoms with Gasteiger partial charge in [0.2, 0.25) is 5.91 Å². The number of carbonyl (C=O) groups excluding carboxylic acids is 1. The zero-order chi connectivity index (χ0) is 23.6. The number of amides is 1. The molecule has 1 atom stereocenters.